The number of benzene rings is 2. The van der Waals surface area contributed by atoms with E-state index in [2.05, 4.69) is 21.2 Å². The summed E-state index contributed by atoms with van der Waals surface area (Å²) in [6.07, 6.45) is 0. The van der Waals surface area contributed by atoms with Gasteiger partial charge in [0.25, 0.3) is 0 Å². The standard InChI is InChI=1S/C13H10BrClF2N2/c1-6-2-7(14)9(16)5-12(6)19-13-3-8(15)10(17)4-11(13)18/h2-5,19H,18H2,1H3. The lowest BCUT2D eigenvalue weighted by atomic mass is 10.1. The van der Waals surface area contributed by atoms with Gasteiger partial charge in [-0.15, -0.1) is 0 Å². The number of aryl methyl sites for hydroxylation is 1. The van der Waals surface area contributed by atoms with E-state index in [1.807, 2.05) is 6.92 Å². The summed E-state index contributed by atoms with van der Waals surface area (Å²) in [6, 6.07) is 5.45. The Morgan fingerprint density at radius 2 is 1.79 bits per heavy atom. The van der Waals surface area contributed by atoms with Gasteiger partial charge < -0.3 is 11.1 Å². The number of rotatable bonds is 2. The van der Waals surface area contributed by atoms with E-state index in [1.54, 1.807) is 6.07 Å². The summed E-state index contributed by atoms with van der Waals surface area (Å²) in [4.78, 5) is 0. The minimum atomic E-state index is -0.594. The third-order valence-corrected chi connectivity index (χ3v) is 3.53. The van der Waals surface area contributed by atoms with Crippen molar-refractivity contribution in [3.8, 4) is 0 Å². The summed E-state index contributed by atoms with van der Waals surface area (Å²) < 4.78 is 27.1. The Kier molecular flexibility index (Phi) is 3.96. The van der Waals surface area contributed by atoms with E-state index < -0.39 is 11.6 Å². The van der Waals surface area contributed by atoms with Gasteiger partial charge in [0, 0.05) is 11.8 Å². The molecule has 100 valence electrons. The van der Waals surface area contributed by atoms with Crippen molar-refractivity contribution in [2.75, 3.05) is 11.1 Å². The van der Waals surface area contributed by atoms with Crippen molar-refractivity contribution in [3.05, 3.63) is 51.0 Å². The molecule has 0 spiro atoms. The quantitative estimate of drug-likeness (QED) is 0.749. The molecule has 0 bridgehead atoms. The molecule has 0 aromatic heterocycles. The Hall–Kier alpha value is -1.33. The zero-order valence-electron chi connectivity index (χ0n) is 9.90. The zero-order valence-corrected chi connectivity index (χ0v) is 12.2. The fraction of sp³-hybridized carbons (Fsp3) is 0.0769. The molecule has 0 aliphatic carbocycles. The number of nitrogen functional groups attached to an aromatic ring is 1. The second-order valence-corrected chi connectivity index (χ2v) is 5.32. The topological polar surface area (TPSA) is 38.0 Å². The normalized spacial score (nSPS) is 10.6. The van der Waals surface area contributed by atoms with Gasteiger partial charge in [0.1, 0.15) is 11.6 Å². The van der Waals surface area contributed by atoms with Crippen LogP contribution in [0.4, 0.5) is 25.8 Å². The molecule has 0 fully saturated rings. The Bertz CT molecular complexity index is 592. The maximum absolute atomic E-state index is 13.5. The lowest BCUT2D eigenvalue weighted by molar-refractivity contribution is 0.621. The van der Waals surface area contributed by atoms with Crippen LogP contribution in [-0.2, 0) is 0 Å². The van der Waals surface area contributed by atoms with Crippen LogP contribution in [0, 0.1) is 18.6 Å². The molecule has 0 saturated carbocycles. The molecule has 2 aromatic carbocycles. The number of halogens is 4. The van der Waals surface area contributed by atoms with E-state index in [1.165, 1.54) is 12.1 Å². The highest BCUT2D eigenvalue weighted by Gasteiger charge is 2.10. The summed E-state index contributed by atoms with van der Waals surface area (Å²) in [5.74, 6) is -0.997. The van der Waals surface area contributed by atoms with E-state index in [0.29, 0.717) is 15.8 Å². The van der Waals surface area contributed by atoms with Crippen molar-refractivity contribution in [2.45, 2.75) is 6.92 Å². The minimum absolute atomic E-state index is 0.0491. The second-order valence-electron chi connectivity index (χ2n) is 4.06. The molecule has 0 amide bonds. The highest BCUT2D eigenvalue weighted by atomic mass is 79.9. The Labute approximate surface area is 122 Å². The van der Waals surface area contributed by atoms with Gasteiger partial charge in [-0.2, -0.15) is 0 Å². The first-order chi connectivity index (χ1) is 8.88. The molecule has 0 saturated heterocycles. The second kappa shape index (κ2) is 5.35. The van der Waals surface area contributed by atoms with Gasteiger partial charge in [-0.05, 0) is 46.6 Å². The Balaban J connectivity index is 2.42. The molecule has 2 nitrogen and oxygen atoms in total. The Morgan fingerprint density at radius 1 is 1.11 bits per heavy atom. The largest absolute Gasteiger partial charge is 0.397 e. The maximum Gasteiger partial charge on any atom is 0.143 e. The van der Waals surface area contributed by atoms with E-state index in [-0.39, 0.29) is 10.7 Å². The number of hydrogen-bond acceptors (Lipinski definition) is 2. The van der Waals surface area contributed by atoms with Crippen LogP contribution in [0.25, 0.3) is 0 Å². The monoisotopic (exact) mass is 346 g/mol. The van der Waals surface area contributed by atoms with E-state index in [4.69, 9.17) is 17.3 Å². The van der Waals surface area contributed by atoms with Gasteiger partial charge in [-0.25, -0.2) is 8.78 Å². The molecule has 0 aliphatic heterocycles. The molecule has 0 heterocycles. The third-order valence-electron chi connectivity index (χ3n) is 2.63. The summed E-state index contributed by atoms with van der Waals surface area (Å²) in [6.45, 7) is 1.81. The average molecular weight is 348 g/mol. The van der Waals surface area contributed by atoms with Crippen molar-refractivity contribution in [3.63, 3.8) is 0 Å². The van der Waals surface area contributed by atoms with Crippen LogP contribution < -0.4 is 11.1 Å². The predicted octanol–water partition coefficient (Wildman–Crippen LogP) is 5.01. The molecule has 0 radical (unpaired) electrons. The number of nitrogens with two attached hydrogens (primary N) is 1. The molecule has 2 rings (SSSR count). The van der Waals surface area contributed by atoms with Gasteiger partial charge in [-0.3, -0.25) is 0 Å². The highest BCUT2D eigenvalue weighted by molar-refractivity contribution is 9.10. The first-order valence-corrected chi connectivity index (χ1v) is 6.52. The van der Waals surface area contributed by atoms with Gasteiger partial charge in [0.05, 0.1) is 20.9 Å². The third kappa shape index (κ3) is 2.98. The lowest BCUT2D eigenvalue weighted by Gasteiger charge is -2.13. The van der Waals surface area contributed by atoms with Crippen LogP contribution in [0.5, 0.6) is 0 Å². The predicted molar refractivity (Wildman–Crippen MR) is 77.9 cm³/mol. The lowest BCUT2D eigenvalue weighted by Crippen LogP contribution is -2.00. The van der Waals surface area contributed by atoms with Crippen molar-refractivity contribution in [1.29, 1.82) is 0 Å². The smallest absolute Gasteiger partial charge is 0.143 e. The molecule has 0 aliphatic rings. The van der Waals surface area contributed by atoms with Crippen LogP contribution in [0.1, 0.15) is 5.56 Å². The van der Waals surface area contributed by atoms with Crippen molar-refractivity contribution in [1.82, 2.24) is 0 Å². The number of nitrogens with one attached hydrogen (secondary N) is 1. The highest BCUT2D eigenvalue weighted by Crippen LogP contribution is 2.31. The van der Waals surface area contributed by atoms with Crippen LogP contribution >= 0.6 is 27.5 Å². The van der Waals surface area contributed by atoms with Crippen molar-refractivity contribution < 1.29 is 8.78 Å². The fourth-order valence-corrected chi connectivity index (χ4v) is 2.22. The number of hydrogen-bond donors (Lipinski definition) is 2. The molecule has 2 aromatic rings. The van der Waals surface area contributed by atoms with Gasteiger partial charge in [0.2, 0.25) is 0 Å². The van der Waals surface area contributed by atoms with E-state index in [0.717, 1.165) is 11.6 Å². The maximum atomic E-state index is 13.5. The molecular formula is C13H10BrClF2N2. The van der Waals surface area contributed by atoms with Crippen molar-refractivity contribution >= 4 is 44.6 Å². The summed E-state index contributed by atoms with van der Waals surface area (Å²) in [5.41, 5.74) is 7.67. The number of anilines is 3. The van der Waals surface area contributed by atoms with Gasteiger partial charge in [0.15, 0.2) is 0 Å². The molecule has 19 heavy (non-hydrogen) atoms. The molecule has 3 N–H and O–H groups in total. The van der Waals surface area contributed by atoms with Crippen LogP contribution in [-0.4, -0.2) is 0 Å². The minimum Gasteiger partial charge on any atom is -0.397 e. The molecular weight excluding hydrogens is 338 g/mol. The van der Waals surface area contributed by atoms with Crippen LogP contribution in [0.3, 0.4) is 0 Å². The SMILES string of the molecule is Cc1cc(Br)c(F)cc1Nc1cc(Cl)c(F)cc1N. The summed E-state index contributed by atoms with van der Waals surface area (Å²) >= 11 is 8.80. The van der Waals surface area contributed by atoms with E-state index >= 15 is 0 Å². The summed E-state index contributed by atoms with van der Waals surface area (Å²) in [7, 11) is 0. The fourth-order valence-electron chi connectivity index (χ4n) is 1.60. The summed E-state index contributed by atoms with van der Waals surface area (Å²) in [5, 5.41) is 2.89. The van der Waals surface area contributed by atoms with Gasteiger partial charge in [-0.1, -0.05) is 11.6 Å². The molecule has 0 atom stereocenters. The molecule has 0 unspecified atom stereocenters. The van der Waals surface area contributed by atoms with Crippen LogP contribution in [0.2, 0.25) is 5.02 Å². The first kappa shape index (κ1) is 14.1. The van der Waals surface area contributed by atoms with E-state index in [9.17, 15) is 8.78 Å². The molecule has 6 heteroatoms. The van der Waals surface area contributed by atoms with Crippen molar-refractivity contribution in [2.24, 2.45) is 0 Å². The average Bonchev–Trinajstić information content (AvgIpc) is 2.32. The van der Waals surface area contributed by atoms with Crippen LogP contribution in [0.15, 0.2) is 28.7 Å². The Morgan fingerprint density at radius 3 is 2.47 bits per heavy atom. The van der Waals surface area contributed by atoms with Gasteiger partial charge >= 0.3 is 0 Å². The zero-order chi connectivity index (χ0) is 14.2. The first-order valence-electron chi connectivity index (χ1n) is 5.35.